The summed E-state index contributed by atoms with van der Waals surface area (Å²) in [6.07, 6.45) is 7.07. The molecule has 0 bridgehead atoms. The molecule has 3 aromatic heterocycles. The van der Waals surface area contributed by atoms with Crippen LogP contribution < -0.4 is 0 Å². The van der Waals surface area contributed by atoms with E-state index >= 15 is 0 Å². The van der Waals surface area contributed by atoms with E-state index in [1.54, 1.807) is 34.5 Å². The Morgan fingerprint density at radius 2 is 1.89 bits per heavy atom. The summed E-state index contributed by atoms with van der Waals surface area (Å²) < 4.78 is 29.5. The van der Waals surface area contributed by atoms with Gasteiger partial charge >= 0.3 is 0 Å². The average molecular weight is 398 g/mol. The zero-order chi connectivity index (χ0) is 19.9. The average Bonchev–Trinajstić information content (AvgIpc) is 3.30. The number of hydrogen-bond donors (Lipinski definition) is 0. The van der Waals surface area contributed by atoms with Crippen LogP contribution in [0.5, 0.6) is 0 Å². The minimum absolute atomic E-state index is 0.0419. The van der Waals surface area contributed by atoms with Crippen LogP contribution in [0, 0.1) is 0 Å². The lowest BCUT2D eigenvalue weighted by Gasteiger charge is -2.14. The number of rotatable bonds is 5. The van der Waals surface area contributed by atoms with E-state index in [0.29, 0.717) is 34.7 Å². The maximum absolute atomic E-state index is 13.1. The molecule has 7 nitrogen and oxygen atoms in total. The van der Waals surface area contributed by atoms with Crippen molar-refractivity contribution in [1.82, 2.24) is 18.8 Å². The molecule has 8 heteroatoms. The van der Waals surface area contributed by atoms with Gasteiger partial charge in [-0.25, -0.2) is 13.4 Å². The lowest BCUT2D eigenvalue weighted by atomic mass is 10.1. The molecule has 1 saturated heterocycles. The Hall–Kier alpha value is -2.58. The molecule has 0 radical (unpaired) electrons. The minimum Gasteiger partial charge on any atom is -0.334 e. The molecule has 0 aromatic carbocycles. The van der Waals surface area contributed by atoms with E-state index in [0.717, 1.165) is 24.0 Å². The Labute approximate surface area is 164 Å². The molecular weight excluding hydrogens is 376 g/mol. The van der Waals surface area contributed by atoms with Gasteiger partial charge in [-0.1, -0.05) is 0 Å². The highest BCUT2D eigenvalue weighted by atomic mass is 32.2. The summed E-state index contributed by atoms with van der Waals surface area (Å²) in [5.41, 5.74) is 2.96. The maximum atomic E-state index is 13.1. The number of aryl methyl sites for hydroxylation is 1. The minimum atomic E-state index is -3.55. The third-order valence-corrected chi connectivity index (χ3v) is 6.97. The number of fused-ring (bicyclic) bond motifs is 1. The Morgan fingerprint density at radius 1 is 1.14 bits per heavy atom. The van der Waals surface area contributed by atoms with Crippen LogP contribution >= 0.6 is 0 Å². The largest absolute Gasteiger partial charge is 0.334 e. The molecule has 0 amide bonds. The van der Waals surface area contributed by atoms with Crippen molar-refractivity contribution in [3.63, 3.8) is 0 Å². The first-order valence-electron chi connectivity index (χ1n) is 9.26. The second-order valence-corrected chi connectivity index (χ2v) is 9.13. The third kappa shape index (κ3) is 3.33. The van der Waals surface area contributed by atoms with Crippen molar-refractivity contribution in [1.29, 1.82) is 0 Å². The van der Waals surface area contributed by atoms with Gasteiger partial charge in [0.15, 0.2) is 0 Å². The first-order valence-corrected chi connectivity index (χ1v) is 10.7. The number of carbonyl (C=O) groups is 1. The van der Waals surface area contributed by atoms with E-state index in [1.165, 1.54) is 6.92 Å². The SMILES string of the molecule is CC(=O)Cc1cc(-c2cnc3c(c2)c(S(=O)(=O)N2CCCC2)cn3C)ccn1. The van der Waals surface area contributed by atoms with Crippen molar-refractivity contribution in [2.75, 3.05) is 13.1 Å². The quantitative estimate of drug-likeness (QED) is 0.659. The van der Waals surface area contributed by atoms with Crippen molar-refractivity contribution < 1.29 is 13.2 Å². The number of hydrogen-bond acceptors (Lipinski definition) is 5. The number of Topliss-reactive ketones (excluding diaryl/α,β-unsaturated/α-hetero) is 1. The predicted molar refractivity (Wildman–Crippen MR) is 106 cm³/mol. The van der Waals surface area contributed by atoms with E-state index in [-0.39, 0.29) is 12.2 Å². The summed E-state index contributed by atoms with van der Waals surface area (Å²) in [7, 11) is -1.75. The van der Waals surface area contributed by atoms with Crippen LogP contribution in [-0.2, 0) is 28.3 Å². The molecule has 0 saturated carbocycles. The monoisotopic (exact) mass is 398 g/mol. The van der Waals surface area contributed by atoms with Gasteiger partial charge in [0.1, 0.15) is 16.3 Å². The van der Waals surface area contributed by atoms with Crippen molar-refractivity contribution in [3.8, 4) is 11.1 Å². The lowest BCUT2D eigenvalue weighted by Crippen LogP contribution is -2.27. The van der Waals surface area contributed by atoms with Gasteiger partial charge in [-0.2, -0.15) is 4.31 Å². The summed E-state index contributed by atoms with van der Waals surface area (Å²) >= 11 is 0. The second-order valence-electron chi connectivity index (χ2n) is 7.23. The smallest absolute Gasteiger partial charge is 0.245 e. The molecule has 28 heavy (non-hydrogen) atoms. The first-order chi connectivity index (χ1) is 13.4. The van der Waals surface area contributed by atoms with Crippen molar-refractivity contribution in [3.05, 3.63) is 42.5 Å². The normalized spacial score (nSPS) is 15.4. The number of sulfonamides is 1. The fraction of sp³-hybridized carbons (Fsp3) is 0.350. The predicted octanol–water partition coefficient (Wildman–Crippen LogP) is 2.55. The highest BCUT2D eigenvalue weighted by Gasteiger charge is 2.30. The third-order valence-electron chi connectivity index (χ3n) is 5.04. The van der Waals surface area contributed by atoms with Gasteiger partial charge in [0.2, 0.25) is 10.0 Å². The van der Waals surface area contributed by atoms with Crippen LogP contribution in [0.4, 0.5) is 0 Å². The lowest BCUT2D eigenvalue weighted by molar-refractivity contribution is -0.116. The van der Waals surface area contributed by atoms with Crippen LogP contribution in [0.1, 0.15) is 25.5 Å². The van der Waals surface area contributed by atoms with E-state index in [4.69, 9.17) is 0 Å². The fourth-order valence-electron chi connectivity index (χ4n) is 3.67. The summed E-state index contributed by atoms with van der Waals surface area (Å²) in [5, 5.41) is 0.608. The molecule has 1 fully saturated rings. The highest BCUT2D eigenvalue weighted by molar-refractivity contribution is 7.89. The molecule has 1 aliphatic rings. The summed E-state index contributed by atoms with van der Waals surface area (Å²) in [6, 6.07) is 5.55. The van der Waals surface area contributed by atoms with Gasteiger partial charge in [0.25, 0.3) is 0 Å². The molecular formula is C20H22N4O3S. The van der Waals surface area contributed by atoms with E-state index < -0.39 is 10.0 Å². The molecule has 146 valence electrons. The fourth-order valence-corrected chi connectivity index (χ4v) is 5.40. The van der Waals surface area contributed by atoms with Gasteiger partial charge in [-0.15, -0.1) is 0 Å². The standard InChI is InChI=1S/C20H22N4O3S/c1-14(25)9-17-10-15(5-6-21-17)16-11-18-19(13-23(2)20(18)22-12-16)28(26,27)24-7-3-4-8-24/h5-6,10-13H,3-4,7-9H2,1-2H3. The Bertz CT molecular complexity index is 1160. The van der Waals surface area contributed by atoms with E-state index in [9.17, 15) is 13.2 Å². The zero-order valence-electron chi connectivity index (χ0n) is 15.9. The second kappa shape index (κ2) is 7.10. The molecule has 0 unspecified atom stereocenters. The molecule has 0 atom stereocenters. The maximum Gasteiger partial charge on any atom is 0.245 e. The molecule has 0 spiro atoms. The molecule has 1 aliphatic heterocycles. The number of aromatic nitrogens is 3. The zero-order valence-corrected chi connectivity index (χ0v) is 16.7. The molecule has 4 heterocycles. The number of nitrogens with zero attached hydrogens (tertiary/aromatic N) is 4. The van der Waals surface area contributed by atoms with Gasteiger partial charge in [0, 0.05) is 61.8 Å². The first kappa shape index (κ1) is 18.8. The Kier molecular flexibility index (Phi) is 4.76. The van der Waals surface area contributed by atoms with Gasteiger partial charge < -0.3 is 4.57 Å². The van der Waals surface area contributed by atoms with Crippen molar-refractivity contribution in [2.24, 2.45) is 7.05 Å². The van der Waals surface area contributed by atoms with Gasteiger partial charge in [-0.05, 0) is 43.5 Å². The summed E-state index contributed by atoms with van der Waals surface area (Å²) in [6.45, 7) is 2.65. The van der Waals surface area contributed by atoms with Crippen LogP contribution in [0.2, 0.25) is 0 Å². The molecule has 0 aliphatic carbocycles. The highest BCUT2D eigenvalue weighted by Crippen LogP contribution is 2.31. The van der Waals surface area contributed by atoms with Crippen LogP contribution in [0.3, 0.4) is 0 Å². The topological polar surface area (TPSA) is 85.2 Å². The molecule has 3 aromatic rings. The van der Waals surface area contributed by atoms with Crippen molar-refractivity contribution in [2.45, 2.75) is 31.1 Å². The summed E-state index contributed by atoms with van der Waals surface area (Å²) in [4.78, 5) is 20.4. The van der Waals surface area contributed by atoms with Gasteiger partial charge in [-0.3, -0.25) is 9.78 Å². The Balaban J connectivity index is 1.82. The Morgan fingerprint density at radius 3 is 2.61 bits per heavy atom. The number of carbonyl (C=O) groups excluding carboxylic acids is 1. The number of pyridine rings is 2. The van der Waals surface area contributed by atoms with Crippen LogP contribution in [0.15, 0.2) is 41.7 Å². The van der Waals surface area contributed by atoms with Gasteiger partial charge in [0.05, 0.1) is 0 Å². The number of ketones is 1. The van der Waals surface area contributed by atoms with E-state index in [2.05, 4.69) is 9.97 Å². The molecule has 4 rings (SSSR count). The summed E-state index contributed by atoms with van der Waals surface area (Å²) in [5.74, 6) is 0.0419. The van der Waals surface area contributed by atoms with Crippen molar-refractivity contribution >= 4 is 26.8 Å². The molecule has 0 N–H and O–H groups in total. The van der Waals surface area contributed by atoms with Crippen LogP contribution in [-0.4, -0.2) is 46.1 Å². The van der Waals surface area contributed by atoms with Crippen LogP contribution in [0.25, 0.3) is 22.2 Å². The van der Waals surface area contributed by atoms with E-state index in [1.807, 2.05) is 18.2 Å².